The van der Waals surface area contributed by atoms with E-state index in [0.717, 1.165) is 152 Å². The number of rotatable bonds is 9. The van der Waals surface area contributed by atoms with E-state index < -0.39 is 5.60 Å². The molecule has 3 N–H and O–H groups in total. The molecule has 0 aliphatic carbocycles. The second-order valence-corrected chi connectivity index (χ2v) is 29.5. The molecular weight excluding hydrogens is 1370 g/mol. The Kier molecular flexibility index (Phi) is 26.8. The zero-order valence-electron chi connectivity index (χ0n) is 61.1. The Balaban J connectivity index is 0.000000139. The fraction of sp³-hybridized carbons (Fsp3) is 0.548. The number of carbonyl (C=O) groups excluding carboxylic acids is 3. The number of halogens is 2. The average molecular weight is 1470 g/mol. The summed E-state index contributed by atoms with van der Waals surface area (Å²) in [6, 6.07) is 29.8. The second kappa shape index (κ2) is 36.0. The van der Waals surface area contributed by atoms with Crippen LogP contribution >= 0.6 is 24.0 Å². The number of methoxy groups -OCH3 is 4. The first-order chi connectivity index (χ1) is 49.7. The Bertz CT molecular complexity index is 3750. The van der Waals surface area contributed by atoms with Crippen LogP contribution in [0.1, 0.15) is 77.6 Å². The van der Waals surface area contributed by atoms with Crippen LogP contribution in [0, 0.1) is 47.3 Å². The van der Waals surface area contributed by atoms with Crippen molar-refractivity contribution in [3.05, 3.63) is 126 Å². The number of nitrogens with zero attached hydrogens (tertiary/aromatic N) is 17. The van der Waals surface area contributed by atoms with Crippen molar-refractivity contribution in [2.24, 2.45) is 57.5 Å². The van der Waals surface area contributed by atoms with Crippen LogP contribution in [0.25, 0.3) is 0 Å². The molecule has 10 aliphatic heterocycles. The molecule has 14 heterocycles. The van der Waals surface area contributed by atoms with Gasteiger partial charge in [-0.15, -0.1) is 12.4 Å². The van der Waals surface area contributed by atoms with Gasteiger partial charge in [0.05, 0.1) is 40.5 Å². The zero-order valence-corrected chi connectivity index (χ0v) is 62.7. The zero-order chi connectivity index (χ0) is 72.6. The molecule has 10 atom stereocenters. The Morgan fingerprint density at radius 1 is 0.442 bits per heavy atom. The Hall–Kier alpha value is -9.19. The van der Waals surface area contributed by atoms with Crippen LogP contribution in [0.4, 0.5) is 31.8 Å². The average Bonchev–Trinajstić information content (AvgIpc) is 1.63. The van der Waals surface area contributed by atoms with Gasteiger partial charge in [-0.2, -0.15) is 30.1 Å². The van der Waals surface area contributed by atoms with Crippen molar-refractivity contribution in [1.82, 2.24) is 75.6 Å². The molecule has 6 aromatic rings. The summed E-state index contributed by atoms with van der Waals surface area (Å²) in [6.07, 6.45) is 11.9. The first-order valence-electron chi connectivity index (χ1n) is 35.4. The van der Waals surface area contributed by atoms with E-state index in [-0.39, 0.29) is 42.3 Å². The van der Waals surface area contributed by atoms with Crippen LogP contribution in [0.5, 0.6) is 24.0 Å². The molecule has 10 unspecified atom stereocenters. The summed E-state index contributed by atoms with van der Waals surface area (Å²) >= 11 is 5.49. The number of anilines is 3. The van der Waals surface area contributed by atoms with Crippen molar-refractivity contribution in [2.75, 3.05) is 148 Å². The van der Waals surface area contributed by atoms with Crippen molar-refractivity contribution in [1.29, 1.82) is 0 Å². The number of hydrogen-bond donors (Lipinski definition) is 3. The van der Waals surface area contributed by atoms with Crippen molar-refractivity contribution >= 4 is 72.1 Å². The number of fused-ring (bicyclic) bond motifs is 4. The number of amides is 4. The van der Waals surface area contributed by atoms with Gasteiger partial charge < -0.3 is 73.9 Å². The fourth-order valence-electron chi connectivity index (χ4n) is 14.5. The number of aromatic nitrogens is 8. The van der Waals surface area contributed by atoms with Gasteiger partial charge in [-0.3, -0.25) is 0 Å². The summed E-state index contributed by atoms with van der Waals surface area (Å²) in [6.45, 7) is 26.3. The predicted molar refractivity (Wildman–Crippen MR) is 399 cm³/mol. The maximum absolute atomic E-state index is 13.2. The van der Waals surface area contributed by atoms with E-state index in [1.54, 1.807) is 51.0 Å². The van der Waals surface area contributed by atoms with E-state index in [9.17, 15) is 14.4 Å². The number of hydrazone groups is 2. The van der Waals surface area contributed by atoms with Crippen molar-refractivity contribution < 1.29 is 42.8 Å². The van der Waals surface area contributed by atoms with Crippen molar-refractivity contribution in [2.45, 2.75) is 77.7 Å². The van der Waals surface area contributed by atoms with E-state index in [1.165, 1.54) is 18.9 Å². The first kappa shape index (κ1) is 77.4. The molecule has 0 radical (unpaired) electrons. The second-order valence-electron chi connectivity index (χ2n) is 29.1. The topological polar surface area (TPSA) is 293 Å². The van der Waals surface area contributed by atoms with Crippen LogP contribution in [-0.4, -0.2) is 235 Å². The lowest BCUT2D eigenvalue weighted by Gasteiger charge is -2.28. The number of carbonyl (C=O) groups is 3. The van der Waals surface area contributed by atoms with Crippen LogP contribution in [0.2, 0.25) is 5.15 Å². The smallest absolute Gasteiger partial charge is 0.410 e. The normalized spacial score (nSPS) is 24.2. The maximum Gasteiger partial charge on any atom is 0.410 e. The van der Waals surface area contributed by atoms with E-state index in [2.05, 4.69) is 122 Å². The summed E-state index contributed by atoms with van der Waals surface area (Å²) in [7, 11) is 6.23. The third-order valence-corrected chi connectivity index (χ3v) is 19.8. The van der Waals surface area contributed by atoms with Crippen LogP contribution in [0.15, 0.2) is 120 Å². The minimum atomic E-state index is -0.446. The first-order valence-corrected chi connectivity index (χ1v) is 35.8. The van der Waals surface area contributed by atoms with E-state index >= 15 is 0 Å². The van der Waals surface area contributed by atoms with Gasteiger partial charge >= 0.3 is 42.3 Å². The van der Waals surface area contributed by atoms with Crippen molar-refractivity contribution in [3.8, 4) is 24.0 Å². The minimum absolute atomic E-state index is 0. The van der Waals surface area contributed by atoms with Gasteiger partial charge in [0.25, 0.3) is 0 Å². The van der Waals surface area contributed by atoms with Crippen LogP contribution in [-0.2, 0) is 9.47 Å². The summed E-state index contributed by atoms with van der Waals surface area (Å²) in [5.74, 6) is 7.40. The molecule has 104 heavy (non-hydrogen) atoms. The van der Waals surface area contributed by atoms with Crippen molar-refractivity contribution in [3.63, 3.8) is 0 Å². The van der Waals surface area contributed by atoms with E-state index in [1.807, 2.05) is 111 Å². The van der Waals surface area contributed by atoms with Gasteiger partial charge in [0, 0.05) is 178 Å². The Labute approximate surface area is 620 Å². The molecule has 2 aromatic carbocycles. The molecule has 4 amide bonds. The van der Waals surface area contributed by atoms with Gasteiger partial charge in [0.15, 0.2) is 0 Å². The molecule has 16 rings (SSSR count). The van der Waals surface area contributed by atoms with Gasteiger partial charge in [-0.25, -0.2) is 39.3 Å². The van der Waals surface area contributed by atoms with Crippen LogP contribution in [0.3, 0.4) is 0 Å². The summed E-state index contributed by atoms with van der Waals surface area (Å²) in [5, 5.41) is 17.2. The third kappa shape index (κ3) is 20.8. The molecule has 4 aromatic heterocycles. The number of urea groups is 1. The number of benzene rings is 2. The molecule has 10 aliphatic rings. The molecule has 560 valence electrons. The summed E-state index contributed by atoms with van der Waals surface area (Å²) in [5.41, 5.74) is 4.65. The standard InChI is InChI=1S/C21H24N6O2.C16H24N4O3.C11H16N4O.C11H20N2O2.C9H10N2.C5H5ClN2O.ClH/c1-29-20-22-9-8-19(24-20)25-11-16-13-26(14-17(16)12-25)21(28)27-18(7-10-23-27)15-5-3-2-4-6-15;1-16(2,3)23-15(21)20-9-11-7-19(8-12(11)10-20)13-5-6-17-14(18-13)22-4;1-16-11-13-3-2-10(14-11)15-6-8-4-12-5-9(8)7-15;1-11(2,3)15-10(14)13-6-8-4-12-5-9(8)7-13;1-2-4-8(5-3-1)9-6-7-10-11-9;1-9-5-7-3-2-4(6)8-5;/h2-6,8-10,16-18H,7,11-14H2,1H3;5-6,11-12H,7-10H2,1-4H3;2-3,8-9,12H,4-7H2,1H3;8-9,12H,4-7H2,1-3H3;1-5,7,9,11H,6H2;2-3H,1H3;1H. The van der Waals surface area contributed by atoms with E-state index in [0.29, 0.717) is 70.7 Å². The monoisotopic (exact) mass is 1470 g/mol. The number of ether oxygens (including phenoxy) is 6. The molecule has 0 saturated carbocycles. The lowest BCUT2D eigenvalue weighted by molar-refractivity contribution is 0.0272. The number of likely N-dealkylation sites (tertiary alicyclic amines) is 3. The van der Waals surface area contributed by atoms with Gasteiger partial charge in [-0.05, 0) is 101 Å². The molecule has 8 fully saturated rings. The molecule has 31 heteroatoms. The summed E-state index contributed by atoms with van der Waals surface area (Å²) in [4.78, 5) is 82.5. The highest BCUT2D eigenvalue weighted by molar-refractivity contribution is 6.29. The highest BCUT2D eigenvalue weighted by Gasteiger charge is 2.46. The Morgan fingerprint density at radius 2 is 0.808 bits per heavy atom. The van der Waals surface area contributed by atoms with E-state index in [4.69, 9.17) is 35.3 Å². The van der Waals surface area contributed by atoms with Gasteiger partial charge in [0.2, 0.25) is 0 Å². The molecule has 29 nitrogen and oxygen atoms in total. The summed E-state index contributed by atoms with van der Waals surface area (Å²) < 4.78 is 30.8. The number of nitrogens with one attached hydrogen (secondary N) is 3. The highest BCUT2D eigenvalue weighted by Crippen LogP contribution is 2.38. The lowest BCUT2D eigenvalue weighted by atomic mass is 10.0. The maximum atomic E-state index is 13.2. The lowest BCUT2D eigenvalue weighted by Crippen LogP contribution is -2.41. The number of hydrogen-bond acceptors (Lipinski definition) is 25. The van der Waals surface area contributed by atoms with Crippen LogP contribution < -0.4 is 49.7 Å². The van der Waals surface area contributed by atoms with Gasteiger partial charge in [-0.1, -0.05) is 72.3 Å². The van der Waals surface area contributed by atoms with Gasteiger partial charge in [0.1, 0.15) is 33.8 Å². The molecule has 8 saturated heterocycles. The molecule has 0 spiro atoms. The highest BCUT2D eigenvalue weighted by atomic mass is 35.5. The minimum Gasteiger partial charge on any atom is -0.467 e. The SMILES string of the molecule is C1=NNC(c2ccccc2)C1.CC(C)(C)OC(=O)N1CC2CNCC2C1.COc1nccc(Cl)n1.COc1nccc(N2CC3CN(C(=O)N4N=CCC4c4ccccc4)CC3C2)n1.COc1nccc(N2CC3CN(C(=O)OC(C)(C)C)CC3C2)n1.COc1nccc(N2CC3CNCC3C2)n1.Cl. The largest absolute Gasteiger partial charge is 0.467 e. The molecular formula is C73H100Cl2N20O9. The third-order valence-electron chi connectivity index (χ3n) is 19.6. The quantitative estimate of drug-likeness (QED) is 0.114. The Morgan fingerprint density at radius 3 is 1.18 bits per heavy atom. The fourth-order valence-corrected chi connectivity index (χ4v) is 14.7. The molecule has 0 bridgehead atoms. The predicted octanol–water partition coefficient (Wildman–Crippen LogP) is 8.68.